The average Bonchev–Trinajstić information content (AvgIpc) is 2.68. The molecule has 1 rings (SSSR count). The highest BCUT2D eigenvalue weighted by molar-refractivity contribution is 8.76. The molecule has 5 atom stereocenters. The highest BCUT2D eigenvalue weighted by Crippen LogP contribution is 2.24. The molecule has 31 heavy (non-hydrogen) atoms. The topological polar surface area (TPSA) is 148 Å². The van der Waals surface area contributed by atoms with Crippen molar-refractivity contribution in [1.82, 2.24) is 16.0 Å². The number of rotatable bonds is 7. The second-order valence-electron chi connectivity index (χ2n) is 7.86. The van der Waals surface area contributed by atoms with Crippen molar-refractivity contribution in [2.24, 2.45) is 5.92 Å². The van der Waals surface area contributed by atoms with Crippen molar-refractivity contribution in [3.8, 4) is 0 Å². The Hall–Kier alpha value is -1.27. The summed E-state index contributed by atoms with van der Waals surface area (Å²) < 4.78 is 0. The molecule has 0 bridgehead atoms. The largest absolute Gasteiger partial charge is 0.481 e. The first-order chi connectivity index (χ1) is 14.6. The molecule has 178 valence electrons. The second kappa shape index (κ2) is 14.7. The van der Waals surface area contributed by atoms with E-state index in [0.29, 0.717) is 18.6 Å². The Morgan fingerprint density at radius 2 is 1.87 bits per heavy atom. The molecule has 1 aliphatic heterocycles. The molecule has 0 aromatic heterocycles. The molecule has 0 spiro atoms. The van der Waals surface area contributed by atoms with E-state index in [0.717, 1.165) is 12.2 Å². The van der Waals surface area contributed by atoms with Gasteiger partial charge in [-0.15, -0.1) is 0 Å². The van der Waals surface area contributed by atoms with E-state index >= 15 is 0 Å². The number of carbonyl (C=O) groups excluding carboxylic acids is 2. The van der Waals surface area contributed by atoms with Crippen LogP contribution in [0.25, 0.3) is 0 Å². The summed E-state index contributed by atoms with van der Waals surface area (Å²) in [7, 11) is 3.12. The molecule has 0 saturated heterocycles. The van der Waals surface area contributed by atoms with Crippen molar-refractivity contribution in [1.29, 1.82) is 0 Å². The predicted octanol–water partition coefficient (Wildman–Crippen LogP) is 0.866. The molecule has 1 heterocycles. The fourth-order valence-corrected chi connectivity index (χ4v) is 5.24. The minimum Gasteiger partial charge on any atom is -0.481 e. The Kier molecular flexibility index (Phi) is 13.2. The normalized spacial score (nSPS) is 25.0. The van der Waals surface area contributed by atoms with Crippen molar-refractivity contribution in [2.75, 3.05) is 11.5 Å². The smallest absolute Gasteiger partial charge is 0.306 e. The number of aliphatic carboxylic acids is 1. The van der Waals surface area contributed by atoms with Gasteiger partial charge < -0.3 is 26.0 Å². The molecular formula is C20H35N3O6S2. The SMILES string of the molecule is CC(C)[C@@H](NC(O)[C@H]1CSSCCC=CCCC(=O)N[C@H](C)C(=O)N1)[C@@H](O)CC(=O)O. The Morgan fingerprint density at radius 3 is 2.52 bits per heavy atom. The number of aliphatic hydroxyl groups is 2. The lowest BCUT2D eigenvalue weighted by molar-refractivity contribution is -0.140. The Balaban J connectivity index is 2.88. The highest BCUT2D eigenvalue weighted by atomic mass is 33.1. The molecule has 0 aromatic rings. The molecule has 2 amide bonds. The van der Waals surface area contributed by atoms with Crippen LogP contribution in [0.5, 0.6) is 0 Å². The number of hydrogen-bond donors (Lipinski definition) is 6. The van der Waals surface area contributed by atoms with Gasteiger partial charge in [0.05, 0.1) is 18.6 Å². The maximum atomic E-state index is 12.6. The van der Waals surface area contributed by atoms with Gasteiger partial charge in [-0.25, -0.2) is 0 Å². The standard InChI is InChI=1S/C20H35N3O6S2/c1-12(2)18(15(24)10-17(26)27)23-20(29)14-11-31-30-9-7-5-4-6-8-16(25)21-13(3)19(28)22-14/h4-5,12-15,18,20,23-24,29H,6-11H2,1-3H3,(H,21,25)(H,22,28)(H,26,27)/t13-,14-,15+,18-,20?/m1/s1. The number of carboxylic acid groups (broad SMARTS) is 1. The van der Waals surface area contributed by atoms with Gasteiger partial charge in [0.25, 0.3) is 0 Å². The molecule has 9 nitrogen and oxygen atoms in total. The number of carboxylic acids is 1. The molecule has 0 radical (unpaired) electrons. The first kappa shape index (κ1) is 27.8. The maximum Gasteiger partial charge on any atom is 0.306 e. The molecule has 0 saturated carbocycles. The number of aliphatic hydroxyl groups excluding tert-OH is 2. The van der Waals surface area contributed by atoms with Crippen molar-refractivity contribution in [3.63, 3.8) is 0 Å². The lowest BCUT2D eigenvalue weighted by Gasteiger charge is -2.33. The Bertz CT molecular complexity index is 620. The van der Waals surface area contributed by atoms with Crippen molar-refractivity contribution < 1.29 is 29.7 Å². The van der Waals surface area contributed by atoms with Gasteiger partial charge in [-0.3, -0.25) is 19.7 Å². The van der Waals surface area contributed by atoms with E-state index in [-0.39, 0.29) is 11.8 Å². The number of carbonyl (C=O) groups is 3. The minimum atomic E-state index is -1.22. The summed E-state index contributed by atoms with van der Waals surface area (Å²) in [6.07, 6.45) is 2.87. The number of nitrogens with one attached hydrogen (secondary N) is 3. The molecule has 11 heteroatoms. The third-order valence-corrected chi connectivity index (χ3v) is 7.24. The maximum absolute atomic E-state index is 12.6. The third-order valence-electron chi connectivity index (χ3n) is 4.76. The van der Waals surface area contributed by atoms with E-state index in [1.807, 2.05) is 12.2 Å². The van der Waals surface area contributed by atoms with Gasteiger partial charge in [0.1, 0.15) is 12.3 Å². The van der Waals surface area contributed by atoms with Crippen molar-refractivity contribution >= 4 is 39.4 Å². The second-order valence-corrected chi connectivity index (χ2v) is 10.5. The summed E-state index contributed by atoms with van der Waals surface area (Å²) in [6.45, 7) is 5.19. The Morgan fingerprint density at radius 1 is 1.19 bits per heavy atom. The van der Waals surface area contributed by atoms with Crippen molar-refractivity contribution in [2.45, 2.75) is 76.9 Å². The monoisotopic (exact) mass is 477 g/mol. The zero-order valence-electron chi connectivity index (χ0n) is 18.2. The summed E-state index contributed by atoms with van der Waals surface area (Å²) in [4.78, 5) is 35.6. The zero-order valence-corrected chi connectivity index (χ0v) is 19.9. The number of hydrogen-bond acceptors (Lipinski definition) is 8. The van der Waals surface area contributed by atoms with E-state index in [1.54, 1.807) is 31.6 Å². The van der Waals surface area contributed by atoms with E-state index in [2.05, 4.69) is 16.0 Å². The first-order valence-electron chi connectivity index (χ1n) is 10.4. The summed E-state index contributed by atoms with van der Waals surface area (Å²) in [6, 6.07) is -2.16. The van der Waals surface area contributed by atoms with Crippen LogP contribution >= 0.6 is 21.6 Å². The Labute approximate surface area is 191 Å². The van der Waals surface area contributed by atoms with Crippen LogP contribution in [0, 0.1) is 5.92 Å². The van der Waals surface area contributed by atoms with Gasteiger partial charge in [-0.2, -0.15) is 0 Å². The quantitative estimate of drug-likeness (QED) is 0.178. The molecule has 1 aliphatic rings. The summed E-state index contributed by atoms with van der Waals surface area (Å²) in [5.41, 5.74) is 0. The van der Waals surface area contributed by atoms with Crippen LogP contribution in [0.15, 0.2) is 12.2 Å². The van der Waals surface area contributed by atoms with Crippen LogP contribution in [0.3, 0.4) is 0 Å². The van der Waals surface area contributed by atoms with Gasteiger partial charge in [0.2, 0.25) is 11.8 Å². The van der Waals surface area contributed by atoms with Gasteiger partial charge in [0, 0.05) is 24.0 Å². The highest BCUT2D eigenvalue weighted by Gasteiger charge is 2.31. The summed E-state index contributed by atoms with van der Waals surface area (Å²) >= 11 is 0. The van der Waals surface area contributed by atoms with Crippen LogP contribution in [0.4, 0.5) is 0 Å². The summed E-state index contributed by atoms with van der Waals surface area (Å²) in [5.74, 6) is -0.717. The number of amides is 2. The van der Waals surface area contributed by atoms with E-state index in [4.69, 9.17) is 5.11 Å². The predicted molar refractivity (Wildman–Crippen MR) is 123 cm³/mol. The van der Waals surface area contributed by atoms with Crippen LogP contribution in [-0.4, -0.2) is 75.1 Å². The van der Waals surface area contributed by atoms with E-state index in [9.17, 15) is 24.6 Å². The third kappa shape index (κ3) is 11.2. The fraction of sp³-hybridized carbons (Fsp3) is 0.750. The van der Waals surface area contributed by atoms with Crippen LogP contribution in [0.1, 0.15) is 46.5 Å². The molecular weight excluding hydrogens is 442 g/mol. The van der Waals surface area contributed by atoms with Crippen molar-refractivity contribution in [3.05, 3.63) is 12.2 Å². The minimum absolute atomic E-state index is 0.158. The molecule has 1 unspecified atom stereocenters. The van der Waals surface area contributed by atoms with Crippen LogP contribution in [0.2, 0.25) is 0 Å². The van der Waals surface area contributed by atoms with Gasteiger partial charge in [-0.05, 0) is 25.7 Å². The lowest BCUT2D eigenvalue weighted by Crippen LogP contribution is -2.59. The molecule has 0 aromatic carbocycles. The number of allylic oxidation sites excluding steroid dienone is 2. The fourth-order valence-electron chi connectivity index (χ4n) is 3.01. The summed E-state index contributed by atoms with van der Waals surface area (Å²) in [5, 5.41) is 38.3. The van der Waals surface area contributed by atoms with E-state index in [1.165, 1.54) is 10.8 Å². The van der Waals surface area contributed by atoms with Gasteiger partial charge in [-0.1, -0.05) is 47.6 Å². The molecule has 0 fully saturated rings. The molecule has 6 N–H and O–H groups in total. The van der Waals surface area contributed by atoms with E-state index < -0.39 is 48.8 Å². The van der Waals surface area contributed by atoms with Crippen LogP contribution in [-0.2, 0) is 14.4 Å². The zero-order chi connectivity index (χ0) is 23.4. The van der Waals surface area contributed by atoms with Crippen LogP contribution < -0.4 is 16.0 Å². The molecule has 0 aliphatic carbocycles. The lowest BCUT2D eigenvalue weighted by atomic mass is 9.96. The van der Waals surface area contributed by atoms with Gasteiger partial charge in [0.15, 0.2) is 0 Å². The van der Waals surface area contributed by atoms with Gasteiger partial charge >= 0.3 is 5.97 Å². The first-order valence-corrected chi connectivity index (χ1v) is 12.9. The average molecular weight is 478 g/mol.